The minimum atomic E-state index is -1.38. The molecule has 0 fully saturated rings. The second-order valence-corrected chi connectivity index (χ2v) is 8.63. The number of anilines is 2. The van der Waals surface area contributed by atoms with Gasteiger partial charge in [-0.15, -0.1) is 0 Å². The Hall–Kier alpha value is -4.71. The molecule has 1 atom stereocenters. The van der Waals surface area contributed by atoms with E-state index in [0.717, 1.165) is 11.1 Å². The lowest BCUT2D eigenvalue weighted by Gasteiger charge is -2.37. The fourth-order valence-corrected chi connectivity index (χ4v) is 4.30. The van der Waals surface area contributed by atoms with Gasteiger partial charge in [0.05, 0.1) is 17.3 Å². The number of carbonyl (C=O) groups is 3. The van der Waals surface area contributed by atoms with Crippen LogP contribution in [-0.2, 0) is 14.4 Å². The van der Waals surface area contributed by atoms with Gasteiger partial charge in [0.15, 0.2) is 6.04 Å². The van der Waals surface area contributed by atoms with Crippen molar-refractivity contribution in [1.82, 2.24) is 5.32 Å². The maximum atomic E-state index is 14.4. The van der Waals surface area contributed by atoms with E-state index in [4.69, 9.17) is 0 Å². The topological polar surface area (TPSA) is 78.5 Å². The van der Waals surface area contributed by atoms with E-state index < -0.39 is 23.8 Å². The summed E-state index contributed by atoms with van der Waals surface area (Å²) in [6, 6.07) is 24.4. The van der Waals surface area contributed by atoms with E-state index in [9.17, 15) is 14.4 Å². The maximum absolute atomic E-state index is 14.4. The fourth-order valence-electron chi connectivity index (χ4n) is 4.30. The molecule has 6 nitrogen and oxygen atoms in total. The lowest BCUT2D eigenvalue weighted by molar-refractivity contribution is -0.132. The zero-order chi connectivity index (χ0) is 26.2. The Morgan fingerprint density at radius 1 is 0.973 bits per heavy atom. The van der Waals surface area contributed by atoms with Gasteiger partial charge in [-0.1, -0.05) is 104 Å². The second kappa shape index (κ2) is 11.8. The van der Waals surface area contributed by atoms with Crippen LogP contribution in [0.15, 0.2) is 121 Å². The minimum Gasteiger partial charge on any atom is -0.350 e. The molecule has 3 aromatic rings. The van der Waals surface area contributed by atoms with Crippen LogP contribution in [0.3, 0.4) is 0 Å². The van der Waals surface area contributed by atoms with Crippen LogP contribution in [-0.4, -0.2) is 30.3 Å². The molecule has 4 rings (SSSR count). The Morgan fingerprint density at radius 3 is 2.19 bits per heavy atom. The summed E-state index contributed by atoms with van der Waals surface area (Å²) >= 11 is 0. The molecule has 190 valence electrons. The predicted molar refractivity (Wildman–Crippen MR) is 151 cm³/mol. The van der Waals surface area contributed by atoms with E-state index in [1.165, 1.54) is 4.90 Å². The summed E-state index contributed by atoms with van der Waals surface area (Å²) in [5.41, 5.74) is 3.14. The van der Waals surface area contributed by atoms with Gasteiger partial charge in [-0.25, -0.2) is 0 Å². The van der Waals surface area contributed by atoms with Crippen LogP contribution in [0.4, 0.5) is 11.4 Å². The number of benzene rings is 3. The van der Waals surface area contributed by atoms with Crippen LogP contribution in [0.2, 0.25) is 0 Å². The van der Waals surface area contributed by atoms with Gasteiger partial charge in [0.2, 0.25) is 5.91 Å². The fraction of sp³-hybridized carbons (Fsp3) is 0.129. The number of nitrogens with zero attached hydrogens (tertiary/aromatic N) is 1. The zero-order valence-corrected chi connectivity index (χ0v) is 20.6. The summed E-state index contributed by atoms with van der Waals surface area (Å²) in [5, 5.41) is 5.56. The van der Waals surface area contributed by atoms with Gasteiger partial charge in [0.1, 0.15) is 0 Å². The molecule has 0 radical (unpaired) electrons. The molecule has 0 aromatic heterocycles. The third-order valence-corrected chi connectivity index (χ3v) is 6.05. The average molecular weight is 496 g/mol. The number of fused-ring (bicyclic) bond motifs is 1. The van der Waals surface area contributed by atoms with Crippen molar-refractivity contribution in [1.29, 1.82) is 0 Å². The highest BCUT2D eigenvalue weighted by Gasteiger charge is 2.44. The molecule has 6 heteroatoms. The molecular weight excluding hydrogens is 462 g/mol. The first-order valence-corrected chi connectivity index (χ1v) is 12.1. The standard InChI is InChI=1S/C31H29N3O3.2H2/c1-3-4-7-14-22(2)21-32-29(35)28-30(36)33-25-19-12-13-20-26(25)34(28)31(37)27(23-15-8-5-9-16-23)24-17-10-6-11-18-24;;/h3-20,27-28H,2,21H2,1H3,(H,32,35)(H,33,36);2*1H/b4-3-,14-7-;;. The van der Waals surface area contributed by atoms with Crippen LogP contribution < -0.4 is 15.5 Å². The molecule has 0 saturated heterocycles. The summed E-state index contributed by atoms with van der Waals surface area (Å²) in [6.45, 7) is 5.98. The Balaban J connectivity index is 0.00000267. The second-order valence-electron chi connectivity index (χ2n) is 8.63. The highest BCUT2D eigenvalue weighted by Crippen LogP contribution is 2.36. The van der Waals surface area contributed by atoms with E-state index >= 15 is 0 Å². The monoisotopic (exact) mass is 495 g/mol. The minimum absolute atomic E-state index is 0. The zero-order valence-electron chi connectivity index (χ0n) is 20.6. The van der Waals surface area contributed by atoms with Crippen molar-refractivity contribution in [2.45, 2.75) is 18.9 Å². The summed E-state index contributed by atoms with van der Waals surface area (Å²) in [4.78, 5) is 42.4. The molecule has 0 spiro atoms. The number of allylic oxidation sites excluding steroid dienone is 3. The van der Waals surface area contributed by atoms with E-state index in [-0.39, 0.29) is 15.3 Å². The molecule has 37 heavy (non-hydrogen) atoms. The molecule has 0 bridgehead atoms. The van der Waals surface area contributed by atoms with Gasteiger partial charge in [-0.3, -0.25) is 19.3 Å². The average Bonchev–Trinajstić information content (AvgIpc) is 2.92. The number of nitrogens with one attached hydrogen (secondary N) is 2. The Labute approximate surface area is 220 Å². The first-order valence-electron chi connectivity index (χ1n) is 12.1. The highest BCUT2D eigenvalue weighted by molar-refractivity contribution is 6.22. The van der Waals surface area contributed by atoms with Gasteiger partial charge < -0.3 is 10.6 Å². The first-order chi connectivity index (χ1) is 18.0. The lowest BCUT2D eigenvalue weighted by atomic mass is 9.88. The van der Waals surface area contributed by atoms with Gasteiger partial charge in [-0.2, -0.15) is 0 Å². The summed E-state index contributed by atoms with van der Waals surface area (Å²) in [6.07, 6.45) is 7.33. The molecule has 1 aliphatic rings. The van der Waals surface area contributed by atoms with Gasteiger partial charge in [0.25, 0.3) is 11.8 Å². The predicted octanol–water partition coefficient (Wildman–Crippen LogP) is 5.47. The largest absolute Gasteiger partial charge is 0.350 e. The van der Waals surface area contributed by atoms with E-state index in [2.05, 4.69) is 17.2 Å². The van der Waals surface area contributed by atoms with Crippen molar-refractivity contribution in [3.8, 4) is 0 Å². The van der Waals surface area contributed by atoms with Crippen molar-refractivity contribution in [2.24, 2.45) is 0 Å². The quantitative estimate of drug-likeness (QED) is 0.321. The van der Waals surface area contributed by atoms with E-state index in [0.29, 0.717) is 16.9 Å². The highest BCUT2D eigenvalue weighted by atomic mass is 16.2. The lowest BCUT2D eigenvalue weighted by Crippen LogP contribution is -2.59. The van der Waals surface area contributed by atoms with Gasteiger partial charge in [-0.05, 0) is 35.8 Å². The third kappa shape index (κ3) is 5.76. The molecule has 0 saturated carbocycles. The Bertz CT molecular complexity index is 1320. The molecule has 3 aromatic carbocycles. The summed E-state index contributed by atoms with van der Waals surface area (Å²) in [7, 11) is 0. The number of rotatable bonds is 8. The molecule has 1 aliphatic heterocycles. The van der Waals surface area contributed by atoms with Gasteiger partial charge in [0, 0.05) is 9.40 Å². The number of para-hydroxylation sites is 2. The van der Waals surface area contributed by atoms with Crippen LogP contribution in [0, 0.1) is 0 Å². The molecule has 1 unspecified atom stereocenters. The number of amides is 3. The normalized spacial score (nSPS) is 15.0. The van der Waals surface area contributed by atoms with Crippen molar-refractivity contribution in [3.63, 3.8) is 0 Å². The van der Waals surface area contributed by atoms with Crippen LogP contribution in [0.5, 0.6) is 0 Å². The number of hydrogen-bond acceptors (Lipinski definition) is 3. The molecule has 0 aliphatic carbocycles. The number of hydrogen-bond donors (Lipinski definition) is 2. The first kappa shape index (κ1) is 25.4. The van der Waals surface area contributed by atoms with E-state index in [1.807, 2.05) is 85.8 Å². The van der Waals surface area contributed by atoms with Crippen LogP contribution in [0.25, 0.3) is 0 Å². The van der Waals surface area contributed by atoms with Crippen molar-refractivity contribution in [2.75, 3.05) is 16.8 Å². The van der Waals surface area contributed by atoms with Crippen molar-refractivity contribution >= 4 is 29.1 Å². The molecule has 3 amide bonds. The van der Waals surface area contributed by atoms with Gasteiger partial charge >= 0.3 is 0 Å². The van der Waals surface area contributed by atoms with Crippen LogP contribution >= 0.6 is 0 Å². The van der Waals surface area contributed by atoms with Crippen molar-refractivity contribution < 1.29 is 17.2 Å². The summed E-state index contributed by atoms with van der Waals surface area (Å²) < 4.78 is 0. The molecular formula is C31H33N3O3. The number of carbonyl (C=O) groups excluding carboxylic acids is 3. The van der Waals surface area contributed by atoms with Crippen molar-refractivity contribution in [3.05, 3.63) is 133 Å². The maximum Gasteiger partial charge on any atom is 0.257 e. The smallest absolute Gasteiger partial charge is 0.257 e. The Kier molecular flexibility index (Phi) is 8.11. The summed E-state index contributed by atoms with van der Waals surface area (Å²) in [5.74, 6) is -2.23. The van der Waals surface area contributed by atoms with E-state index in [1.54, 1.807) is 30.3 Å². The SMILES string of the molecule is C=C(/C=C\C=C/C)CNC(=O)C1C(=O)Nc2ccccc2N1C(=O)C(c1ccccc1)c1ccccc1.[HH].[HH]. The molecule has 1 heterocycles. The van der Waals surface area contributed by atoms with Crippen LogP contribution in [0.1, 0.15) is 26.8 Å². The third-order valence-electron chi connectivity index (χ3n) is 6.05. The Morgan fingerprint density at radius 2 is 1.57 bits per heavy atom. The molecule has 2 N–H and O–H groups in total.